The Kier molecular flexibility index (Phi) is 4.23. The van der Waals surface area contributed by atoms with Crippen molar-refractivity contribution >= 4 is 10.3 Å². The SMILES string of the molecule is Cc1ccc(C)c(C(C)c2c(C)ccn([O-])c2=S(=O)=O)c1. The molecule has 1 atom stereocenters. The second kappa shape index (κ2) is 5.77. The van der Waals surface area contributed by atoms with Crippen molar-refractivity contribution in [3.05, 3.63) is 68.1 Å². The second-order valence-corrected chi connectivity index (χ2v) is 6.22. The first-order valence-corrected chi connectivity index (χ1v) is 7.79. The summed E-state index contributed by atoms with van der Waals surface area (Å²) >= 11 is 0. The summed E-state index contributed by atoms with van der Waals surface area (Å²) in [6, 6.07) is 7.72. The number of hydrogen-bond donors (Lipinski definition) is 0. The number of nitrogens with zero attached hydrogens (tertiary/aromatic N) is 1. The third-order valence-electron chi connectivity index (χ3n) is 3.81. The van der Waals surface area contributed by atoms with E-state index in [2.05, 4.69) is 0 Å². The molecule has 2 aromatic rings. The minimum Gasteiger partial charge on any atom is -0.805 e. The minimum atomic E-state index is -2.57. The zero-order valence-electron chi connectivity index (χ0n) is 12.5. The number of hydrogen-bond acceptors (Lipinski definition) is 3. The maximum Gasteiger partial charge on any atom is 0.238 e. The third kappa shape index (κ3) is 2.88. The molecule has 0 saturated heterocycles. The Morgan fingerprint density at radius 2 is 1.76 bits per heavy atom. The molecule has 5 heteroatoms. The highest BCUT2D eigenvalue weighted by atomic mass is 32.2. The lowest BCUT2D eigenvalue weighted by molar-refractivity contribution is 0.622. The number of rotatable bonds is 2. The summed E-state index contributed by atoms with van der Waals surface area (Å²) in [7, 11) is -2.57. The fourth-order valence-corrected chi connectivity index (χ4v) is 3.42. The monoisotopic (exact) mass is 304 g/mol. The summed E-state index contributed by atoms with van der Waals surface area (Å²) in [4.78, 5) is 0. The van der Waals surface area contributed by atoms with Gasteiger partial charge in [-0.15, -0.1) is 0 Å². The van der Waals surface area contributed by atoms with E-state index in [1.54, 1.807) is 6.07 Å². The van der Waals surface area contributed by atoms with Crippen LogP contribution in [0.5, 0.6) is 0 Å². The molecule has 1 heterocycles. The molecule has 0 aliphatic carbocycles. The Morgan fingerprint density at radius 1 is 1.10 bits per heavy atom. The third-order valence-corrected chi connectivity index (χ3v) is 4.52. The predicted molar refractivity (Wildman–Crippen MR) is 83.5 cm³/mol. The average molecular weight is 304 g/mol. The number of pyridine rings is 1. The molecule has 0 amide bonds. The van der Waals surface area contributed by atoms with E-state index in [0.29, 0.717) is 10.3 Å². The second-order valence-electron chi connectivity index (χ2n) is 5.36. The minimum absolute atomic E-state index is 0.167. The zero-order valence-corrected chi connectivity index (χ0v) is 13.4. The molecule has 1 unspecified atom stereocenters. The van der Waals surface area contributed by atoms with Crippen LogP contribution < -0.4 is 0 Å². The molecule has 2 rings (SSSR count). The Hall–Kier alpha value is -2.01. The summed E-state index contributed by atoms with van der Waals surface area (Å²) in [5, 5.41) is 11.8. The van der Waals surface area contributed by atoms with Gasteiger partial charge in [-0.25, -0.2) is 0 Å². The molecule has 1 aromatic heterocycles. The molecule has 0 spiro atoms. The van der Waals surface area contributed by atoms with Crippen LogP contribution in [0.4, 0.5) is 0 Å². The Morgan fingerprint density at radius 3 is 2.38 bits per heavy atom. The van der Waals surface area contributed by atoms with Crippen molar-refractivity contribution in [2.45, 2.75) is 33.6 Å². The summed E-state index contributed by atoms with van der Waals surface area (Å²) < 4.78 is 23.2. The summed E-state index contributed by atoms with van der Waals surface area (Å²) in [6.45, 7) is 7.74. The number of aryl methyl sites for hydroxylation is 3. The van der Waals surface area contributed by atoms with E-state index in [0.717, 1.165) is 22.3 Å². The molecule has 112 valence electrons. The molecule has 0 N–H and O–H groups in total. The molecule has 4 nitrogen and oxygen atoms in total. The molecular formula is C16H18NO3S-. The average Bonchev–Trinajstić information content (AvgIpc) is 2.42. The van der Waals surface area contributed by atoms with Crippen LogP contribution in [-0.2, 0) is 10.3 Å². The van der Waals surface area contributed by atoms with Gasteiger partial charge < -0.3 is 9.94 Å². The first kappa shape index (κ1) is 15.4. The van der Waals surface area contributed by atoms with Crippen molar-refractivity contribution in [2.24, 2.45) is 0 Å². The lowest BCUT2D eigenvalue weighted by Gasteiger charge is -2.21. The van der Waals surface area contributed by atoms with Crippen LogP contribution in [-0.4, -0.2) is 13.1 Å². The van der Waals surface area contributed by atoms with Gasteiger partial charge in [-0.1, -0.05) is 30.7 Å². The topological polar surface area (TPSA) is 62.1 Å². The van der Waals surface area contributed by atoms with Crippen LogP contribution in [0.2, 0.25) is 0 Å². The van der Waals surface area contributed by atoms with E-state index in [-0.39, 0.29) is 10.6 Å². The van der Waals surface area contributed by atoms with Crippen LogP contribution in [0.15, 0.2) is 30.5 Å². The lowest BCUT2D eigenvalue weighted by Crippen LogP contribution is -2.07. The quantitative estimate of drug-likeness (QED) is 0.800. The van der Waals surface area contributed by atoms with E-state index >= 15 is 0 Å². The van der Waals surface area contributed by atoms with Crippen LogP contribution in [0, 0.1) is 30.6 Å². The van der Waals surface area contributed by atoms with Crippen molar-refractivity contribution in [2.75, 3.05) is 0 Å². The number of benzene rings is 1. The van der Waals surface area contributed by atoms with E-state index < -0.39 is 10.3 Å². The Labute approximate surface area is 125 Å². The molecule has 21 heavy (non-hydrogen) atoms. The first-order chi connectivity index (χ1) is 9.82. The zero-order chi connectivity index (χ0) is 15.7. The van der Waals surface area contributed by atoms with Gasteiger partial charge in [0, 0.05) is 11.5 Å². The van der Waals surface area contributed by atoms with Crippen molar-refractivity contribution in [1.29, 1.82) is 0 Å². The van der Waals surface area contributed by atoms with Crippen LogP contribution >= 0.6 is 0 Å². The summed E-state index contributed by atoms with van der Waals surface area (Å²) in [6.07, 6.45) is 1.24. The highest BCUT2D eigenvalue weighted by Gasteiger charge is 2.16. The standard InChI is InChI=1S/C16H18NO3S/c1-10-5-6-11(2)14(9-10)13(4)15-12(3)7-8-17(18)16(15)21(19)20/h5-9,13H,1-4H3/q-1. The van der Waals surface area contributed by atoms with Gasteiger partial charge in [0.2, 0.25) is 10.3 Å². The van der Waals surface area contributed by atoms with Gasteiger partial charge in [-0.3, -0.25) is 0 Å². The summed E-state index contributed by atoms with van der Waals surface area (Å²) in [5.41, 5.74) is 4.59. The smallest absolute Gasteiger partial charge is 0.238 e. The predicted octanol–water partition coefficient (Wildman–Crippen LogP) is 3.32. The van der Waals surface area contributed by atoms with Gasteiger partial charge in [-0.05, 0) is 49.7 Å². The van der Waals surface area contributed by atoms with Crippen molar-refractivity contribution in [3.8, 4) is 0 Å². The fourth-order valence-electron chi connectivity index (χ4n) is 2.70. The van der Waals surface area contributed by atoms with Crippen LogP contribution in [0.25, 0.3) is 0 Å². The van der Waals surface area contributed by atoms with Crippen LogP contribution in [0.1, 0.15) is 40.7 Å². The molecule has 1 aromatic carbocycles. The molecule has 0 fully saturated rings. The summed E-state index contributed by atoms with van der Waals surface area (Å²) in [5.74, 6) is -0.167. The van der Waals surface area contributed by atoms with E-state index in [1.165, 1.54) is 6.20 Å². The fraction of sp³-hybridized carbons (Fsp3) is 0.312. The molecule has 0 saturated carbocycles. The Bertz CT molecular complexity index is 856. The van der Waals surface area contributed by atoms with Gasteiger partial charge in [0.05, 0.1) is 0 Å². The molecule has 0 bridgehead atoms. The van der Waals surface area contributed by atoms with E-state index in [4.69, 9.17) is 0 Å². The highest BCUT2D eigenvalue weighted by Crippen LogP contribution is 2.30. The highest BCUT2D eigenvalue weighted by molar-refractivity contribution is 7.63. The van der Waals surface area contributed by atoms with Crippen molar-refractivity contribution in [1.82, 2.24) is 4.73 Å². The van der Waals surface area contributed by atoms with E-state index in [9.17, 15) is 13.6 Å². The van der Waals surface area contributed by atoms with Gasteiger partial charge >= 0.3 is 0 Å². The molecule has 0 aliphatic rings. The first-order valence-electron chi connectivity index (χ1n) is 6.72. The maximum absolute atomic E-state index is 11.8. The van der Waals surface area contributed by atoms with Gasteiger partial charge in [0.15, 0.2) is 4.64 Å². The van der Waals surface area contributed by atoms with E-state index in [1.807, 2.05) is 45.9 Å². The molecule has 0 aliphatic heterocycles. The molecule has 0 radical (unpaired) electrons. The van der Waals surface area contributed by atoms with Crippen molar-refractivity contribution in [3.63, 3.8) is 0 Å². The van der Waals surface area contributed by atoms with Crippen molar-refractivity contribution < 1.29 is 8.42 Å². The van der Waals surface area contributed by atoms with Crippen LogP contribution in [0.3, 0.4) is 0 Å². The normalized spacial score (nSPS) is 12.2. The Balaban J connectivity index is 2.82. The largest absolute Gasteiger partial charge is 0.805 e. The van der Waals surface area contributed by atoms with Gasteiger partial charge in [0.25, 0.3) is 0 Å². The maximum atomic E-state index is 11.8. The van der Waals surface area contributed by atoms with Gasteiger partial charge in [0.1, 0.15) is 0 Å². The van der Waals surface area contributed by atoms with Gasteiger partial charge in [-0.2, -0.15) is 8.42 Å². The molecular weight excluding hydrogens is 286 g/mol. The number of aromatic nitrogens is 1. The lowest BCUT2D eigenvalue weighted by atomic mass is 9.88.